The van der Waals surface area contributed by atoms with Crippen molar-refractivity contribution >= 4 is 5.97 Å². The van der Waals surface area contributed by atoms with Crippen LogP contribution in [0.2, 0.25) is 0 Å². The topological polar surface area (TPSA) is 70.8 Å². The first kappa shape index (κ1) is 13.2. The van der Waals surface area contributed by atoms with Crippen molar-refractivity contribution in [1.29, 1.82) is 0 Å². The van der Waals surface area contributed by atoms with Gasteiger partial charge in [-0.25, -0.2) is 4.79 Å². The van der Waals surface area contributed by atoms with Crippen molar-refractivity contribution in [3.05, 3.63) is 29.2 Å². The maximum absolute atomic E-state index is 12.8. The quantitative estimate of drug-likeness (QED) is 0.826. The van der Waals surface area contributed by atoms with Crippen molar-refractivity contribution in [2.45, 2.75) is 13.1 Å². The molecule has 2 N–H and O–H groups in total. The summed E-state index contributed by atoms with van der Waals surface area (Å²) in [7, 11) is 1.19. The molecule has 0 saturated heterocycles. The molecule has 8 heteroatoms. The first-order valence-corrected chi connectivity index (χ1v) is 5.24. The average molecular weight is 273 g/mol. The van der Waals surface area contributed by atoms with Gasteiger partial charge in [-0.15, -0.1) is 0 Å². The SMILES string of the molecule is COC(=O)c1ccc(-c2c(C(F)(F)F)n[nH]c2C)[nH]1. The second-order valence-electron chi connectivity index (χ2n) is 3.85. The minimum absolute atomic E-state index is 0.0752. The Hall–Kier alpha value is -2.25. The van der Waals surface area contributed by atoms with Gasteiger partial charge in [0.15, 0.2) is 5.69 Å². The number of nitrogens with zero attached hydrogens (tertiary/aromatic N) is 1. The molecule has 2 aromatic rings. The van der Waals surface area contributed by atoms with E-state index in [1.165, 1.54) is 26.2 Å². The maximum atomic E-state index is 12.8. The average Bonchev–Trinajstić information content (AvgIpc) is 2.92. The molecule has 0 bridgehead atoms. The van der Waals surface area contributed by atoms with Gasteiger partial charge in [-0.3, -0.25) is 5.10 Å². The first-order valence-electron chi connectivity index (χ1n) is 5.24. The Bertz CT molecular complexity index is 613. The van der Waals surface area contributed by atoms with Gasteiger partial charge in [0.2, 0.25) is 0 Å². The smallest absolute Gasteiger partial charge is 0.435 e. The van der Waals surface area contributed by atoms with E-state index >= 15 is 0 Å². The van der Waals surface area contributed by atoms with Crippen LogP contribution in [0.3, 0.4) is 0 Å². The highest BCUT2D eigenvalue weighted by Gasteiger charge is 2.38. The largest absolute Gasteiger partial charge is 0.464 e. The van der Waals surface area contributed by atoms with Crippen LogP contribution >= 0.6 is 0 Å². The van der Waals surface area contributed by atoms with Crippen molar-refractivity contribution in [2.75, 3.05) is 7.11 Å². The number of carbonyl (C=O) groups excluding carboxylic acids is 1. The zero-order valence-electron chi connectivity index (χ0n) is 10.1. The van der Waals surface area contributed by atoms with Crippen LogP contribution in [0.4, 0.5) is 13.2 Å². The lowest BCUT2D eigenvalue weighted by Crippen LogP contribution is -2.07. The minimum atomic E-state index is -4.57. The Balaban J connectivity index is 2.50. The molecule has 0 aliphatic carbocycles. The van der Waals surface area contributed by atoms with Gasteiger partial charge in [0.05, 0.1) is 18.4 Å². The van der Waals surface area contributed by atoms with Crippen molar-refractivity contribution < 1.29 is 22.7 Å². The van der Waals surface area contributed by atoms with Crippen LogP contribution in [0, 0.1) is 6.92 Å². The third kappa shape index (κ3) is 2.33. The second-order valence-corrected chi connectivity index (χ2v) is 3.85. The van der Waals surface area contributed by atoms with Crippen LogP contribution in [0.5, 0.6) is 0 Å². The number of esters is 1. The lowest BCUT2D eigenvalue weighted by Gasteiger charge is -2.05. The van der Waals surface area contributed by atoms with E-state index in [-0.39, 0.29) is 22.6 Å². The number of methoxy groups -OCH3 is 1. The van der Waals surface area contributed by atoms with Gasteiger partial charge in [-0.2, -0.15) is 18.3 Å². The Kier molecular flexibility index (Phi) is 3.09. The van der Waals surface area contributed by atoms with Crippen molar-refractivity contribution in [2.24, 2.45) is 0 Å². The normalized spacial score (nSPS) is 11.6. The second kappa shape index (κ2) is 4.45. The number of H-pyrrole nitrogens is 2. The summed E-state index contributed by atoms with van der Waals surface area (Å²) in [4.78, 5) is 13.8. The number of aryl methyl sites for hydroxylation is 1. The van der Waals surface area contributed by atoms with Gasteiger partial charge in [0, 0.05) is 5.69 Å². The molecule has 2 heterocycles. The molecule has 0 amide bonds. The summed E-state index contributed by atoms with van der Waals surface area (Å²) in [6.45, 7) is 1.47. The highest BCUT2D eigenvalue weighted by atomic mass is 19.4. The number of halogens is 3. The third-order valence-electron chi connectivity index (χ3n) is 2.58. The van der Waals surface area contributed by atoms with E-state index in [1.807, 2.05) is 0 Å². The number of nitrogens with one attached hydrogen (secondary N) is 2. The number of carbonyl (C=O) groups is 1. The zero-order valence-corrected chi connectivity index (χ0v) is 10.1. The van der Waals surface area contributed by atoms with Crippen LogP contribution in [0.25, 0.3) is 11.3 Å². The fraction of sp³-hybridized carbons (Fsp3) is 0.273. The Labute approximate surface area is 105 Å². The summed E-state index contributed by atoms with van der Waals surface area (Å²) in [6.07, 6.45) is -4.57. The summed E-state index contributed by atoms with van der Waals surface area (Å²) in [5.74, 6) is -0.652. The van der Waals surface area contributed by atoms with Gasteiger partial charge in [-0.05, 0) is 19.1 Å². The molecule has 0 spiro atoms. The first-order chi connectivity index (χ1) is 8.84. The molecule has 19 heavy (non-hydrogen) atoms. The Morgan fingerprint density at radius 1 is 1.37 bits per heavy atom. The van der Waals surface area contributed by atoms with Gasteiger partial charge >= 0.3 is 12.1 Å². The summed E-state index contributed by atoms with van der Waals surface area (Å²) >= 11 is 0. The predicted octanol–water partition coefficient (Wildman–Crippen LogP) is 2.52. The van der Waals surface area contributed by atoms with Crippen LogP contribution in [0.15, 0.2) is 12.1 Å². The molecular weight excluding hydrogens is 263 g/mol. The summed E-state index contributed by atoms with van der Waals surface area (Å²) < 4.78 is 42.9. The van der Waals surface area contributed by atoms with E-state index in [0.717, 1.165) is 0 Å². The molecule has 0 radical (unpaired) electrons. The lowest BCUT2D eigenvalue weighted by molar-refractivity contribution is -0.140. The number of rotatable bonds is 2. The van der Waals surface area contributed by atoms with E-state index in [4.69, 9.17) is 0 Å². The molecule has 2 rings (SSSR count). The van der Waals surface area contributed by atoms with Crippen molar-refractivity contribution in [3.8, 4) is 11.3 Å². The Morgan fingerprint density at radius 2 is 2.05 bits per heavy atom. The van der Waals surface area contributed by atoms with Crippen molar-refractivity contribution in [3.63, 3.8) is 0 Å². The molecule has 0 aromatic carbocycles. The highest BCUT2D eigenvalue weighted by Crippen LogP contribution is 2.36. The van der Waals surface area contributed by atoms with Gasteiger partial charge < -0.3 is 9.72 Å². The molecule has 0 aliphatic heterocycles. The zero-order chi connectivity index (χ0) is 14.2. The van der Waals surface area contributed by atoms with E-state index < -0.39 is 17.8 Å². The lowest BCUT2D eigenvalue weighted by atomic mass is 10.1. The third-order valence-corrected chi connectivity index (χ3v) is 2.58. The van der Waals surface area contributed by atoms with Gasteiger partial charge in [0.1, 0.15) is 5.69 Å². The summed E-state index contributed by atoms with van der Waals surface area (Å²) in [5.41, 5.74) is -0.651. The summed E-state index contributed by atoms with van der Waals surface area (Å²) in [5, 5.41) is 5.54. The number of aromatic amines is 2. The molecule has 5 nitrogen and oxygen atoms in total. The summed E-state index contributed by atoms with van der Waals surface area (Å²) in [6, 6.07) is 2.73. The molecule has 102 valence electrons. The van der Waals surface area contributed by atoms with Crippen LogP contribution in [-0.2, 0) is 10.9 Å². The maximum Gasteiger partial charge on any atom is 0.435 e. The van der Waals surface area contributed by atoms with E-state index in [0.29, 0.717) is 0 Å². The number of hydrogen-bond acceptors (Lipinski definition) is 3. The molecule has 0 saturated carbocycles. The monoisotopic (exact) mass is 273 g/mol. The number of ether oxygens (including phenoxy) is 1. The predicted molar refractivity (Wildman–Crippen MR) is 59.5 cm³/mol. The standard InChI is InChI=1S/C11H10F3N3O2/c1-5-8(9(17-16-5)11(12,13)14)6-3-4-7(15-6)10(18)19-2/h3-4,15H,1-2H3,(H,16,17). The molecular formula is C11H10F3N3O2. The molecule has 0 aliphatic rings. The minimum Gasteiger partial charge on any atom is -0.464 e. The fourth-order valence-corrected chi connectivity index (χ4v) is 1.73. The fourth-order valence-electron chi connectivity index (χ4n) is 1.73. The molecule has 0 atom stereocenters. The van der Waals surface area contributed by atoms with Crippen LogP contribution < -0.4 is 0 Å². The van der Waals surface area contributed by atoms with Crippen LogP contribution in [-0.4, -0.2) is 28.3 Å². The molecule has 0 fully saturated rings. The number of alkyl halides is 3. The molecule has 2 aromatic heterocycles. The van der Waals surface area contributed by atoms with E-state index in [1.54, 1.807) is 0 Å². The number of hydrogen-bond donors (Lipinski definition) is 2. The molecule has 0 unspecified atom stereocenters. The van der Waals surface area contributed by atoms with Crippen molar-refractivity contribution in [1.82, 2.24) is 15.2 Å². The highest BCUT2D eigenvalue weighted by molar-refractivity contribution is 5.88. The van der Waals surface area contributed by atoms with Crippen LogP contribution in [0.1, 0.15) is 21.9 Å². The van der Waals surface area contributed by atoms with E-state index in [2.05, 4.69) is 19.9 Å². The van der Waals surface area contributed by atoms with E-state index in [9.17, 15) is 18.0 Å². The number of aromatic nitrogens is 3. The van der Waals surface area contributed by atoms with Gasteiger partial charge in [0.25, 0.3) is 0 Å². The van der Waals surface area contributed by atoms with Gasteiger partial charge in [-0.1, -0.05) is 0 Å². The Morgan fingerprint density at radius 3 is 2.63 bits per heavy atom.